The van der Waals surface area contributed by atoms with Crippen LogP contribution in [0.5, 0.6) is 11.5 Å². The Bertz CT molecular complexity index is 1120. The van der Waals surface area contributed by atoms with Crippen LogP contribution in [0.25, 0.3) is 11.0 Å². The highest BCUT2D eigenvalue weighted by molar-refractivity contribution is 6.32. The molecule has 1 fully saturated rings. The van der Waals surface area contributed by atoms with Crippen molar-refractivity contribution in [3.8, 4) is 11.5 Å². The summed E-state index contributed by atoms with van der Waals surface area (Å²) >= 11 is 6.26. The molecule has 162 valence electrons. The fourth-order valence-corrected chi connectivity index (χ4v) is 3.76. The van der Waals surface area contributed by atoms with Crippen LogP contribution in [0.15, 0.2) is 36.4 Å². The molecule has 1 aromatic heterocycles. The second kappa shape index (κ2) is 8.95. The predicted octanol–water partition coefficient (Wildman–Crippen LogP) is 3.30. The summed E-state index contributed by atoms with van der Waals surface area (Å²) in [5.74, 6) is 1.08. The number of likely N-dealkylation sites (N-methyl/N-ethyl adjacent to an activating group) is 1. The van der Waals surface area contributed by atoms with Gasteiger partial charge >= 0.3 is 0 Å². The molecule has 0 bridgehead atoms. The lowest BCUT2D eigenvalue weighted by atomic mass is 10.2. The second-order valence-electron chi connectivity index (χ2n) is 7.32. The van der Waals surface area contributed by atoms with Crippen molar-refractivity contribution in [2.24, 2.45) is 0 Å². The molecule has 0 aliphatic carbocycles. The van der Waals surface area contributed by atoms with Crippen molar-refractivity contribution >= 4 is 40.0 Å². The largest absolute Gasteiger partial charge is 0.495 e. The number of aromatic nitrogens is 2. The molecule has 1 N–H and O–H groups in total. The van der Waals surface area contributed by atoms with E-state index in [2.05, 4.69) is 27.1 Å². The monoisotopic (exact) mass is 441 g/mol. The summed E-state index contributed by atoms with van der Waals surface area (Å²) in [6.45, 7) is 3.30. The first-order valence-electron chi connectivity index (χ1n) is 9.93. The lowest BCUT2D eigenvalue weighted by molar-refractivity contribution is 0.102. The van der Waals surface area contributed by atoms with Gasteiger partial charge in [0.2, 0.25) is 0 Å². The van der Waals surface area contributed by atoms with E-state index in [1.165, 1.54) is 14.2 Å². The van der Waals surface area contributed by atoms with Gasteiger partial charge in [0, 0.05) is 32.2 Å². The Labute approximate surface area is 185 Å². The molecular weight excluding hydrogens is 418 g/mol. The number of hydrogen-bond donors (Lipinski definition) is 1. The normalized spacial score (nSPS) is 14.5. The van der Waals surface area contributed by atoms with E-state index >= 15 is 0 Å². The number of ether oxygens (including phenoxy) is 2. The topological polar surface area (TPSA) is 79.8 Å². The van der Waals surface area contributed by atoms with Crippen LogP contribution in [-0.4, -0.2) is 68.2 Å². The molecule has 31 heavy (non-hydrogen) atoms. The van der Waals surface area contributed by atoms with E-state index in [4.69, 9.17) is 26.1 Å². The summed E-state index contributed by atoms with van der Waals surface area (Å²) in [7, 11) is 5.12. The molecule has 1 aliphatic heterocycles. The van der Waals surface area contributed by atoms with Crippen molar-refractivity contribution in [1.82, 2.24) is 14.9 Å². The van der Waals surface area contributed by atoms with E-state index in [9.17, 15) is 4.79 Å². The Hall–Kier alpha value is -3.10. The number of anilines is 2. The third kappa shape index (κ3) is 4.35. The van der Waals surface area contributed by atoms with Crippen LogP contribution in [0, 0.1) is 0 Å². The molecule has 0 radical (unpaired) electrons. The summed E-state index contributed by atoms with van der Waals surface area (Å²) in [4.78, 5) is 27.1. The maximum Gasteiger partial charge on any atom is 0.278 e. The Kier molecular flexibility index (Phi) is 6.11. The number of methoxy groups -OCH3 is 2. The first-order chi connectivity index (χ1) is 15.0. The first-order valence-corrected chi connectivity index (χ1v) is 10.3. The number of fused-ring (bicyclic) bond motifs is 1. The number of benzene rings is 2. The van der Waals surface area contributed by atoms with Crippen molar-refractivity contribution in [1.29, 1.82) is 0 Å². The first kappa shape index (κ1) is 21.1. The smallest absolute Gasteiger partial charge is 0.278 e. The van der Waals surface area contributed by atoms with Gasteiger partial charge in [-0.1, -0.05) is 23.7 Å². The Morgan fingerprint density at radius 1 is 1.00 bits per heavy atom. The molecule has 0 atom stereocenters. The van der Waals surface area contributed by atoms with E-state index in [-0.39, 0.29) is 11.6 Å². The highest BCUT2D eigenvalue weighted by Gasteiger charge is 2.25. The minimum atomic E-state index is -0.383. The molecule has 0 unspecified atom stereocenters. The highest BCUT2D eigenvalue weighted by Crippen LogP contribution is 2.36. The number of amides is 1. The van der Waals surface area contributed by atoms with Gasteiger partial charge in [-0.3, -0.25) is 4.79 Å². The molecule has 1 amide bonds. The van der Waals surface area contributed by atoms with Crippen LogP contribution >= 0.6 is 11.6 Å². The molecule has 4 rings (SSSR count). The van der Waals surface area contributed by atoms with Crippen molar-refractivity contribution in [3.05, 3.63) is 47.1 Å². The van der Waals surface area contributed by atoms with E-state index in [0.29, 0.717) is 33.5 Å². The minimum absolute atomic E-state index is 0.261. The van der Waals surface area contributed by atoms with Gasteiger partial charge < -0.3 is 24.6 Å². The number of hydrogen-bond acceptors (Lipinski definition) is 7. The predicted molar refractivity (Wildman–Crippen MR) is 122 cm³/mol. The number of carbonyl (C=O) groups is 1. The number of halogens is 1. The zero-order valence-corrected chi connectivity index (χ0v) is 18.4. The van der Waals surface area contributed by atoms with Crippen molar-refractivity contribution in [2.75, 3.05) is 57.7 Å². The van der Waals surface area contributed by atoms with Crippen molar-refractivity contribution in [3.63, 3.8) is 0 Å². The molecule has 0 saturated carbocycles. The van der Waals surface area contributed by atoms with E-state index in [0.717, 1.165) is 31.7 Å². The van der Waals surface area contributed by atoms with E-state index in [1.54, 1.807) is 12.1 Å². The molecule has 3 aromatic rings. The fraction of sp³-hybridized carbons (Fsp3) is 0.318. The van der Waals surface area contributed by atoms with Gasteiger partial charge in [0.1, 0.15) is 11.5 Å². The average Bonchev–Trinajstić information content (AvgIpc) is 2.79. The van der Waals surface area contributed by atoms with Crippen LogP contribution in [0.1, 0.15) is 10.5 Å². The molecule has 0 spiro atoms. The SMILES string of the molecule is COc1cc(OC)c(NC(=O)c2nc3ccccc3nc2N2CCN(C)CC2)cc1Cl. The Morgan fingerprint density at radius 2 is 1.65 bits per heavy atom. The van der Waals surface area contributed by atoms with Crippen molar-refractivity contribution < 1.29 is 14.3 Å². The zero-order valence-electron chi connectivity index (χ0n) is 17.7. The number of rotatable bonds is 5. The van der Waals surface area contributed by atoms with Gasteiger partial charge in [0.15, 0.2) is 11.5 Å². The lowest BCUT2D eigenvalue weighted by Gasteiger charge is -2.33. The van der Waals surface area contributed by atoms with E-state index in [1.807, 2.05) is 24.3 Å². The van der Waals surface area contributed by atoms with Gasteiger partial charge in [-0.05, 0) is 25.2 Å². The zero-order chi connectivity index (χ0) is 22.0. The summed E-state index contributed by atoms with van der Waals surface area (Å²) in [6, 6.07) is 10.8. The molecular formula is C22H24ClN5O3. The molecule has 9 heteroatoms. The number of nitrogens with zero attached hydrogens (tertiary/aromatic N) is 4. The number of para-hydroxylation sites is 2. The highest BCUT2D eigenvalue weighted by atomic mass is 35.5. The van der Waals surface area contributed by atoms with Gasteiger partial charge in [-0.25, -0.2) is 9.97 Å². The maximum absolute atomic E-state index is 13.3. The summed E-state index contributed by atoms with van der Waals surface area (Å²) in [5.41, 5.74) is 2.10. The summed E-state index contributed by atoms with van der Waals surface area (Å²) in [5, 5.41) is 3.24. The average molecular weight is 442 g/mol. The number of carbonyl (C=O) groups excluding carboxylic acids is 1. The molecule has 8 nitrogen and oxygen atoms in total. The summed E-state index contributed by atoms with van der Waals surface area (Å²) in [6.07, 6.45) is 0. The van der Waals surface area contributed by atoms with Crippen LogP contribution < -0.4 is 19.7 Å². The number of piperazine rings is 1. The third-order valence-electron chi connectivity index (χ3n) is 5.29. The van der Waals surface area contributed by atoms with Gasteiger partial charge in [-0.15, -0.1) is 0 Å². The third-order valence-corrected chi connectivity index (χ3v) is 5.59. The van der Waals surface area contributed by atoms with Gasteiger partial charge in [0.05, 0.1) is 36.0 Å². The second-order valence-corrected chi connectivity index (χ2v) is 7.72. The van der Waals surface area contributed by atoms with Crippen molar-refractivity contribution in [2.45, 2.75) is 0 Å². The molecule has 2 aromatic carbocycles. The van der Waals surface area contributed by atoms with Crippen LogP contribution in [0.4, 0.5) is 11.5 Å². The van der Waals surface area contributed by atoms with Crippen LogP contribution in [0.3, 0.4) is 0 Å². The lowest BCUT2D eigenvalue weighted by Crippen LogP contribution is -2.45. The van der Waals surface area contributed by atoms with E-state index < -0.39 is 0 Å². The quantitative estimate of drug-likeness (QED) is 0.650. The number of nitrogens with one attached hydrogen (secondary N) is 1. The Balaban J connectivity index is 1.73. The Morgan fingerprint density at radius 3 is 2.29 bits per heavy atom. The summed E-state index contributed by atoms with van der Waals surface area (Å²) < 4.78 is 10.6. The standard InChI is InChI=1S/C22H24ClN5O3/c1-27-8-10-28(11-9-27)21-20(24-15-6-4-5-7-16(15)25-21)22(29)26-17-12-14(23)18(30-2)13-19(17)31-3/h4-7,12-13H,8-11H2,1-3H3,(H,26,29). The van der Waals surface area contributed by atoms with Gasteiger partial charge in [-0.2, -0.15) is 0 Å². The molecule has 2 heterocycles. The molecule has 1 aliphatic rings. The minimum Gasteiger partial charge on any atom is -0.495 e. The fourth-order valence-electron chi connectivity index (χ4n) is 3.52. The maximum atomic E-state index is 13.3. The van der Waals surface area contributed by atoms with Gasteiger partial charge in [0.25, 0.3) is 5.91 Å². The van der Waals surface area contributed by atoms with Crippen LogP contribution in [0.2, 0.25) is 5.02 Å². The molecule has 1 saturated heterocycles. The van der Waals surface area contributed by atoms with Crippen LogP contribution in [-0.2, 0) is 0 Å².